The Bertz CT molecular complexity index is 387. The van der Waals surface area contributed by atoms with Gasteiger partial charge in [0.1, 0.15) is 0 Å². The fraction of sp³-hybridized carbons (Fsp3) is 0.800. The largest absolute Gasteiger partial charge is 0.387 e. The van der Waals surface area contributed by atoms with Crippen LogP contribution in [0.1, 0.15) is 40.0 Å². The number of hydrogen-bond acceptors (Lipinski definition) is 3. The zero-order valence-corrected chi connectivity index (χ0v) is 12.6. The number of carbonyl (C=O) groups is 1. The Morgan fingerprint density at radius 1 is 1.40 bits per heavy atom. The second-order valence-corrected chi connectivity index (χ2v) is 6.37. The summed E-state index contributed by atoms with van der Waals surface area (Å²) in [5.41, 5.74) is -1.23. The summed E-state index contributed by atoms with van der Waals surface area (Å²) in [7, 11) is 0. The van der Waals surface area contributed by atoms with Gasteiger partial charge in [-0.05, 0) is 19.8 Å². The van der Waals surface area contributed by atoms with Crippen molar-refractivity contribution in [1.82, 2.24) is 10.6 Å². The van der Waals surface area contributed by atoms with Gasteiger partial charge in [-0.15, -0.1) is 0 Å². The minimum atomic E-state index is -0.891. The lowest BCUT2D eigenvalue weighted by molar-refractivity contribution is -0.237. The Balaban J connectivity index is 1.77. The number of urea groups is 1. The number of nitrogens with one attached hydrogen (secondary N) is 2. The molecule has 0 aromatic carbocycles. The molecule has 0 aromatic rings. The molecule has 0 spiro atoms. The van der Waals surface area contributed by atoms with Gasteiger partial charge in [-0.2, -0.15) is 0 Å². The summed E-state index contributed by atoms with van der Waals surface area (Å²) in [6, 6.07) is -0.0157. The van der Waals surface area contributed by atoms with Gasteiger partial charge in [-0.3, -0.25) is 0 Å². The molecule has 5 nitrogen and oxygen atoms in total. The molecule has 5 heteroatoms. The molecule has 0 radical (unpaired) electrons. The number of ether oxygens (including phenoxy) is 1. The van der Waals surface area contributed by atoms with Crippen LogP contribution in [0, 0.1) is 5.41 Å². The molecule has 0 bridgehead atoms. The van der Waals surface area contributed by atoms with Crippen LogP contribution in [0.3, 0.4) is 0 Å². The Morgan fingerprint density at radius 2 is 2.05 bits per heavy atom. The summed E-state index contributed by atoms with van der Waals surface area (Å²) < 4.78 is 5.61. The Kier molecular flexibility index (Phi) is 4.39. The van der Waals surface area contributed by atoms with Crippen LogP contribution >= 0.6 is 0 Å². The van der Waals surface area contributed by atoms with Crippen LogP contribution in [0.5, 0.6) is 0 Å². The lowest BCUT2D eigenvalue weighted by atomic mass is 9.56. The van der Waals surface area contributed by atoms with Crippen LogP contribution < -0.4 is 10.6 Å². The summed E-state index contributed by atoms with van der Waals surface area (Å²) in [4.78, 5) is 11.8. The maximum absolute atomic E-state index is 11.8. The van der Waals surface area contributed by atoms with Crippen molar-refractivity contribution < 1.29 is 14.6 Å². The Labute approximate surface area is 120 Å². The van der Waals surface area contributed by atoms with E-state index in [4.69, 9.17) is 4.74 Å². The predicted molar refractivity (Wildman–Crippen MR) is 77.5 cm³/mol. The zero-order valence-electron chi connectivity index (χ0n) is 12.6. The third-order valence-corrected chi connectivity index (χ3v) is 4.78. The van der Waals surface area contributed by atoms with Crippen molar-refractivity contribution in [3.8, 4) is 0 Å². The van der Waals surface area contributed by atoms with E-state index in [0.717, 1.165) is 12.8 Å². The summed E-state index contributed by atoms with van der Waals surface area (Å²) >= 11 is 0. The number of carbonyl (C=O) groups excluding carboxylic acids is 1. The first kappa shape index (κ1) is 15.3. The van der Waals surface area contributed by atoms with Crippen LogP contribution in [0.25, 0.3) is 0 Å². The van der Waals surface area contributed by atoms with Gasteiger partial charge >= 0.3 is 6.03 Å². The molecule has 2 aliphatic rings. The maximum Gasteiger partial charge on any atom is 0.315 e. The number of amides is 2. The maximum atomic E-state index is 11.8. The quantitative estimate of drug-likeness (QED) is 0.670. The van der Waals surface area contributed by atoms with E-state index in [1.165, 1.54) is 0 Å². The van der Waals surface area contributed by atoms with E-state index in [-0.39, 0.29) is 30.1 Å². The van der Waals surface area contributed by atoms with Gasteiger partial charge in [-0.1, -0.05) is 26.0 Å². The lowest BCUT2D eigenvalue weighted by Gasteiger charge is -2.57. The SMILES string of the molecule is CCO[C@@H]1C[C@@](O)(CNC(=O)NC2CC=CC2)C1(C)C. The topological polar surface area (TPSA) is 70.6 Å². The summed E-state index contributed by atoms with van der Waals surface area (Å²) in [6.07, 6.45) is 6.53. The van der Waals surface area contributed by atoms with E-state index in [9.17, 15) is 9.90 Å². The highest BCUT2D eigenvalue weighted by Gasteiger charge is 2.59. The van der Waals surface area contributed by atoms with Gasteiger partial charge in [-0.25, -0.2) is 4.79 Å². The molecule has 1 saturated carbocycles. The fourth-order valence-corrected chi connectivity index (χ4v) is 2.96. The van der Waals surface area contributed by atoms with E-state index in [1.807, 2.05) is 20.8 Å². The molecule has 2 aliphatic carbocycles. The third kappa shape index (κ3) is 2.83. The van der Waals surface area contributed by atoms with Crippen molar-refractivity contribution in [3.05, 3.63) is 12.2 Å². The van der Waals surface area contributed by atoms with Gasteiger partial charge in [0.2, 0.25) is 0 Å². The van der Waals surface area contributed by atoms with Crippen molar-refractivity contribution in [2.75, 3.05) is 13.2 Å². The first-order valence-electron chi connectivity index (χ1n) is 7.42. The molecule has 3 N–H and O–H groups in total. The molecule has 2 rings (SSSR count). The molecule has 0 aliphatic heterocycles. The summed E-state index contributed by atoms with van der Waals surface area (Å²) in [5, 5.41) is 16.3. The molecular weight excluding hydrogens is 256 g/mol. The van der Waals surface area contributed by atoms with Gasteiger partial charge in [0, 0.05) is 31.0 Å². The molecule has 0 aromatic heterocycles. The third-order valence-electron chi connectivity index (χ3n) is 4.78. The second-order valence-electron chi connectivity index (χ2n) is 6.37. The molecular formula is C15H26N2O3. The standard InChI is InChI=1S/C15H26N2O3/c1-4-20-12-9-15(19,14(12,2)3)10-16-13(18)17-11-7-5-6-8-11/h5-6,11-12,19H,4,7-10H2,1-3H3,(H2,16,17,18)/t12-,15-/m1/s1. The normalized spacial score (nSPS) is 31.9. The van der Waals surface area contributed by atoms with Gasteiger partial charge in [0.25, 0.3) is 0 Å². The van der Waals surface area contributed by atoms with Crippen molar-refractivity contribution in [1.29, 1.82) is 0 Å². The molecule has 0 unspecified atom stereocenters. The molecule has 2 atom stereocenters. The van der Waals surface area contributed by atoms with Gasteiger partial charge in [0.15, 0.2) is 0 Å². The highest BCUT2D eigenvalue weighted by Crippen LogP contribution is 2.50. The second kappa shape index (κ2) is 5.74. The van der Waals surface area contributed by atoms with Crippen molar-refractivity contribution >= 4 is 6.03 Å². The lowest BCUT2D eigenvalue weighted by Crippen LogP contribution is -2.69. The van der Waals surface area contributed by atoms with Gasteiger partial charge < -0.3 is 20.5 Å². The number of hydrogen-bond donors (Lipinski definition) is 3. The van der Waals surface area contributed by atoms with Crippen LogP contribution in [0.4, 0.5) is 4.79 Å². The van der Waals surface area contributed by atoms with Crippen LogP contribution in [-0.2, 0) is 4.74 Å². The van der Waals surface area contributed by atoms with E-state index in [0.29, 0.717) is 13.0 Å². The average Bonchev–Trinajstić information content (AvgIpc) is 2.89. The van der Waals surface area contributed by atoms with Crippen LogP contribution in [0.15, 0.2) is 12.2 Å². The number of rotatable bonds is 5. The van der Waals surface area contributed by atoms with Crippen molar-refractivity contribution in [2.45, 2.75) is 57.8 Å². The molecule has 0 heterocycles. The first-order chi connectivity index (χ1) is 9.39. The Morgan fingerprint density at radius 3 is 2.60 bits per heavy atom. The highest BCUT2D eigenvalue weighted by atomic mass is 16.5. The highest BCUT2D eigenvalue weighted by molar-refractivity contribution is 5.74. The molecule has 114 valence electrons. The van der Waals surface area contributed by atoms with Crippen molar-refractivity contribution in [2.24, 2.45) is 5.41 Å². The van der Waals surface area contributed by atoms with Crippen LogP contribution in [-0.4, -0.2) is 42.0 Å². The first-order valence-corrected chi connectivity index (χ1v) is 7.42. The monoisotopic (exact) mass is 282 g/mol. The summed E-state index contributed by atoms with van der Waals surface area (Å²) in [6.45, 7) is 6.83. The van der Waals surface area contributed by atoms with E-state index in [2.05, 4.69) is 22.8 Å². The minimum Gasteiger partial charge on any atom is -0.387 e. The average molecular weight is 282 g/mol. The smallest absolute Gasteiger partial charge is 0.315 e. The molecule has 0 saturated heterocycles. The summed E-state index contributed by atoms with van der Waals surface area (Å²) in [5.74, 6) is 0. The number of aliphatic hydroxyl groups is 1. The van der Waals surface area contributed by atoms with E-state index >= 15 is 0 Å². The molecule has 1 fully saturated rings. The zero-order chi connectivity index (χ0) is 14.8. The molecule has 20 heavy (non-hydrogen) atoms. The van der Waals surface area contributed by atoms with Crippen molar-refractivity contribution in [3.63, 3.8) is 0 Å². The van der Waals surface area contributed by atoms with Gasteiger partial charge in [0.05, 0.1) is 11.7 Å². The molecule has 2 amide bonds. The van der Waals surface area contributed by atoms with E-state index in [1.54, 1.807) is 0 Å². The predicted octanol–water partition coefficient (Wildman–Crippen LogP) is 1.57. The minimum absolute atomic E-state index is 0.0568. The van der Waals surface area contributed by atoms with E-state index < -0.39 is 5.60 Å². The Hall–Kier alpha value is -1.07. The van der Waals surface area contributed by atoms with Crippen LogP contribution in [0.2, 0.25) is 0 Å². The fourth-order valence-electron chi connectivity index (χ4n) is 2.96.